The lowest BCUT2D eigenvalue weighted by Crippen LogP contribution is -2.44. The van der Waals surface area contributed by atoms with E-state index < -0.39 is 11.7 Å². The van der Waals surface area contributed by atoms with Crippen LogP contribution in [0.3, 0.4) is 0 Å². The molecule has 0 unspecified atom stereocenters. The van der Waals surface area contributed by atoms with Gasteiger partial charge < -0.3 is 9.47 Å². The lowest BCUT2D eigenvalue weighted by atomic mass is 9.80. The maximum absolute atomic E-state index is 13.0. The number of nitrogens with zero attached hydrogens (tertiary/aromatic N) is 4. The molecule has 0 N–H and O–H groups in total. The molecule has 37 heavy (non-hydrogen) atoms. The predicted molar refractivity (Wildman–Crippen MR) is 139 cm³/mol. The van der Waals surface area contributed by atoms with Gasteiger partial charge in [-0.25, -0.2) is 9.48 Å². The molecule has 6 rings (SSSR count). The topological polar surface area (TPSA) is 69.5 Å². The Bertz CT molecular complexity index is 1230. The average Bonchev–Trinajstić information content (AvgIpc) is 3.53. The number of amides is 1. The lowest BCUT2D eigenvalue weighted by molar-refractivity contribution is -0.0390. The van der Waals surface area contributed by atoms with E-state index >= 15 is 0 Å². The molecule has 0 radical (unpaired) electrons. The minimum absolute atomic E-state index is 0.189. The Balaban J connectivity index is 1.39. The van der Waals surface area contributed by atoms with E-state index in [4.69, 9.17) is 9.47 Å². The third-order valence-electron chi connectivity index (χ3n) is 7.46. The quantitative estimate of drug-likeness (QED) is 0.360. The van der Waals surface area contributed by atoms with Crippen LogP contribution in [0.4, 0.5) is 4.79 Å². The van der Waals surface area contributed by atoms with E-state index in [-0.39, 0.29) is 18.7 Å². The first-order chi connectivity index (χ1) is 18.3. The van der Waals surface area contributed by atoms with Gasteiger partial charge in [0.05, 0.1) is 31.1 Å². The van der Waals surface area contributed by atoms with Crippen molar-refractivity contribution in [1.29, 1.82) is 0 Å². The number of carbonyl (C=O) groups excluding carboxylic acids is 1. The zero-order valence-electron chi connectivity index (χ0n) is 20.6. The summed E-state index contributed by atoms with van der Waals surface area (Å²) in [7, 11) is 0. The van der Waals surface area contributed by atoms with E-state index in [9.17, 15) is 4.79 Å². The number of fused-ring (bicyclic) bond motifs is 2. The van der Waals surface area contributed by atoms with Crippen LogP contribution in [-0.2, 0) is 28.0 Å². The number of carbonyl (C=O) groups is 1. The molecule has 0 bridgehead atoms. The fourth-order valence-corrected chi connectivity index (χ4v) is 5.60. The molecule has 0 aliphatic carbocycles. The fourth-order valence-electron chi connectivity index (χ4n) is 5.60. The lowest BCUT2D eigenvalue weighted by Gasteiger charge is -2.37. The van der Waals surface area contributed by atoms with Crippen molar-refractivity contribution in [2.75, 3.05) is 13.2 Å². The highest BCUT2D eigenvalue weighted by atomic mass is 16.6. The first kappa shape index (κ1) is 23.4. The van der Waals surface area contributed by atoms with Crippen molar-refractivity contribution < 1.29 is 14.3 Å². The third-order valence-corrected chi connectivity index (χ3v) is 7.46. The van der Waals surface area contributed by atoms with Gasteiger partial charge in [0.15, 0.2) is 0 Å². The summed E-state index contributed by atoms with van der Waals surface area (Å²) in [6.07, 6.45) is 3.88. The van der Waals surface area contributed by atoms with Crippen LogP contribution in [0.1, 0.15) is 35.2 Å². The van der Waals surface area contributed by atoms with Crippen molar-refractivity contribution in [1.82, 2.24) is 19.9 Å². The van der Waals surface area contributed by atoms with E-state index in [2.05, 4.69) is 46.7 Å². The average molecular weight is 495 g/mol. The summed E-state index contributed by atoms with van der Waals surface area (Å²) in [5.74, 6) is 0. The molecule has 1 saturated heterocycles. The number of hydrogen-bond acceptors (Lipinski definition) is 5. The van der Waals surface area contributed by atoms with Gasteiger partial charge in [-0.1, -0.05) is 96.2 Å². The van der Waals surface area contributed by atoms with Crippen molar-refractivity contribution in [2.45, 2.75) is 43.6 Å². The van der Waals surface area contributed by atoms with E-state index in [1.807, 2.05) is 70.4 Å². The van der Waals surface area contributed by atoms with Crippen molar-refractivity contribution >= 4 is 6.09 Å². The molecule has 188 valence electrons. The Morgan fingerprint density at radius 1 is 0.865 bits per heavy atom. The molecule has 3 aromatic carbocycles. The molecule has 2 atom stereocenters. The summed E-state index contributed by atoms with van der Waals surface area (Å²) in [5.41, 5.74) is 3.26. The van der Waals surface area contributed by atoms with Gasteiger partial charge in [0, 0.05) is 6.54 Å². The van der Waals surface area contributed by atoms with Gasteiger partial charge >= 0.3 is 6.09 Å². The zero-order chi connectivity index (χ0) is 25.1. The number of cyclic esters (lactones) is 1. The Labute approximate surface area is 216 Å². The number of hydrogen-bond donors (Lipinski definition) is 0. The van der Waals surface area contributed by atoms with Crippen LogP contribution in [0.25, 0.3) is 0 Å². The number of aromatic nitrogens is 3. The van der Waals surface area contributed by atoms with Crippen LogP contribution in [-0.4, -0.2) is 51.3 Å². The molecular formula is C30H30N4O3. The first-order valence-electron chi connectivity index (χ1n) is 12.9. The number of aryl methyl sites for hydroxylation is 1. The van der Waals surface area contributed by atoms with Gasteiger partial charge in [0.2, 0.25) is 0 Å². The molecule has 0 saturated carbocycles. The molecular weight excluding hydrogens is 464 g/mol. The Morgan fingerprint density at radius 2 is 1.46 bits per heavy atom. The highest BCUT2D eigenvalue weighted by molar-refractivity contribution is 5.70. The Hall–Kier alpha value is -3.97. The maximum Gasteiger partial charge on any atom is 0.410 e. The van der Waals surface area contributed by atoms with Crippen molar-refractivity contribution in [3.8, 4) is 0 Å². The standard InChI is InChI=1S/C30H30N4O3/c35-29-33-19-11-10-18-26-20-31-32-34(26)21-27(33)28(37-29)22-36-30(23-12-4-1-5-13-23,24-14-6-2-7-15-24)25-16-8-3-9-17-25/h1-9,12-17,20,27-28H,10-11,18-19,21-22H2/t27-,28-/m1/s1. The van der Waals surface area contributed by atoms with Crippen LogP contribution in [0.5, 0.6) is 0 Å². The van der Waals surface area contributed by atoms with Crippen molar-refractivity contribution in [3.05, 3.63) is 120 Å². The van der Waals surface area contributed by atoms with Gasteiger partial charge in [0.25, 0.3) is 0 Å². The van der Waals surface area contributed by atoms with Gasteiger partial charge in [-0.05, 0) is 36.0 Å². The Morgan fingerprint density at radius 3 is 2.05 bits per heavy atom. The molecule has 2 aliphatic heterocycles. The number of rotatable bonds is 6. The monoisotopic (exact) mass is 494 g/mol. The van der Waals surface area contributed by atoms with Crippen molar-refractivity contribution in [3.63, 3.8) is 0 Å². The maximum atomic E-state index is 13.0. The SMILES string of the molecule is O=C1O[C@H](COC(c2ccccc2)(c2ccccc2)c2ccccc2)[C@H]2Cn3nncc3CCCCN12. The summed E-state index contributed by atoms with van der Waals surface area (Å²) in [6.45, 7) is 1.43. The molecule has 1 amide bonds. The van der Waals surface area contributed by atoms with Gasteiger partial charge in [-0.2, -0.15) is 0 Å². The van der Waals surface area contributed by atoms with E-state index in [0.29, 0.717) is 13.1 Å². The van der Waals surface area contributed by atoms with E-state index in [1.165, 1.54) is 0 Å². The normalized spacial score (nSPS) is 19.8. The molecule has 1 fully saturated rings. The van der Waals surface area contributed by atoms with Crippen molar-refractivity contribution in [2.24, 2.45) is 0 Å². The predicted octanol–water partition coefficient (Wildman–Crippen LogP) is 4.81. The molecule has 0 spiro atoms. The highest BCUT2D eigenvalue weighted by Gasteiger charge is 2.45. The molecule has 7 nitrogen and oxygen atoms in total. The van der Waals surface area contributed by atoms with Crippen LogP contribution >= 0.6 is 0 Å². The van der Waals surface area contributed by atoms with E-state index in [0.717, 1.165) is 41.6 Å². The summed E-state index contributed by atoms with van der Waals surface area (Å²) < 4.78 is 14.9. The van der Waals surface area contributed by atoms with E-state index in [1.54, 1.807) is 0 Å². The van der Waals surface area contributed by atoms with Gasteiger partial charge in [-0.3, -0.25) is 4.90 Å². The highest BCUT2D eigenvalue weighted by Crippen LogP contribution is 2.41. The molecule has 3 heterocycles. The van der Waals surface area contributed by atoms with Crippen LogP contribution < -0.4 is 0 Å². The number of benzene rings is 3. The van der Waals surface area contributed by atoms with Crippen LogP contribution in [0, 0.1) is 0 Å². The molecule has 1 aromatic heterocycles. The minimum Gasteiger partial charge on any atom is -0.441 e. The third kappa shape index (κ3) is 4.40. The Kier molecular flexibility index (Phi) is 6.45. The first-order valence-corrected chi connectivity index (χ1v) is 12.9. The summed E-state index contributed by atoms with van der Waals surface area (Å²) >= 11 is 0. The largest absolute Gasteiger partial charge is 0.441 e. The van der Waals surface area contributed by atoms with Gasteiger partial charge in [-0.15, -0.1) is 5.10 Å². The zero-order valence-corrected chi connectivity index (χ0v) is 20.6. The number of ether oxygens (including phenoxy) is 2. The second-order valence-corrected chi connectivity index (χ2v) is 9.64. The van der Waals surface area contributed by atoms with Crippen LogP contribution in [0.2, 0.25) is 0 Å². The van der Waals surface area contributed by atoms with Crippen LogP contribution in [0.15, 0.2) is 97.2 Å². The summed E-state index contributed by atoms with van der Waals surface area (Å²) in [4.78, 5) is 14.8. The second kappa shape index (κ2) is 10.2. The molecule has 7 heteroatoms. The molecule has 2 aliphatic rings. The fraction of sp³-hybridized carbons (Fsp3) is 0.300. The summed E-state index contributed by atoms with van der Waals surface area (Å²) in [6, 6.07) is 30.6. The molecule has 4 aromatic rings. The minimum atomic E-state index is -0.874. The van der Waals surface area contributed by atoms with Gasteiger partial charge in [0.1, 0.15) is 11.7 Å². The second-order valence-electron chi connectivity index (χ2n) is 9.64. The summed E-state index contributed by atoms with van der Waals surface area (Å²) in [5, 5.41) is 8.42. The smallest absolute Gasteiger partial charge is 0.410 e.